The summed E-state index contributed by atoms with van der Waals surface area (Å²) in [4.78, 5) is 11.6. The molecule has 0 aliphatic rings. The Hall–Kier alpha value is -0.570. The van der Waals surface area contributed by atoms with Crippen LogP contribution in [-0.4, -0.2) is 4.57 Å². The van der Waals surface area contributed by atoms with E-state index in [9.17, 15) is 4.79 Å². The molecule has 0 saturated carbocycles. The van der Waals surface area contributed by atoms with Crippen LogP contribution in [0.2, 0.25) is 0 Å². The van der Waals surface area contributed by atoms with E-state index in [2.05, 4.69) is 15.9 Å². The van der Waals surface area contributed by atoms with Crippen molar-refractivity contribution in [3.63, 3.8) is 0 Å². The molecular weight excluding hydrogens is 218 g/mol. The summed E-state index contributed by atoms with van der Waals surface area (Å²) in [7, 11) is 1.76. The average molecular weight is 230 g/mol. The molecule has 0 fully saturated rings. The first kappa shape index (κ1) is 9.52. The molecule has 0 atom stereocenters. The highest BCUT2D eigenvalue weighted by molar-refractivity contribution is 9.10. The summed E-state index contributed by atoms with van der Waals surface area (Å²) >= 11 is 3.29. The van der Waals surface area contributed by atoms with Gasteiger partial charge in [-0.2, -0.15) is 0 Å². The van der Waals surface area contributed by atoms with Crippen LogP contribution in [0.15, 0.2) is 21.5 Å². The van der Waals surface area contributed by atoms with E-state index >= 15 is 0 Å². The first-order valence-corrected chi connectivity index (χ1v) is 4.68. The Kier molecular flexibility index (Phi) is 2.73. The van der Waals surface area contributed by atoms with Gasteiger partial charge >= 0.3 is 0 Å². The topological polar surface area (TPSA) is 22.0 Å². The van der Waals surface area contributed by atoms with Crippen LogP contribution in [0.4, 0.5) is 0 Å². The van der Waals surface area contributed by atoms with Crippen LogP contribution in [0.3, 0.4) is 0 Å². The lowest BCUT2D eigenvalue weighted by atomic mass is 10.1. The Balaban J connectivity index is 3.37. The standard InChI is InChI=1S/C9H12BrNO/c1-6(2)7-4-5-8(10)11(3)9(7)12/h4-6H,1-3H3. The van der Waals surface area contributed by atoms with Crippen molar-refractivity contribution in [2.45, 2.75) is 19.8 Å². The zero-order valence-corrected chi connectivity index (χ0v) is 9.05. The number of rotatable bonds is 1. The summed E-state index contributed by atoms with van der Waals surface area (Å²) in [6, 6.07) is 3.77. The van der Waals surface area contributed by atoms with Crippen molar-refractivity contribution in [3.05, 3.63) is 32.7 Å². The molecule has 1 rings (SSSR count). The van der Waals surface area contributed by atoms with Gasteiger partial charge in [0, 0.05) is 12.6 Å². The molecule has 0 amide bonds. The molecule has 1 aromatic rings. The maximum atomic E-state index is 11.6. The van der Waals surface area contributed by atoms with Crippen molar-refractivity contribution < 1.29 is 0 Å². The molecule has 0 aliphatic heterocycles. The van der Waals surface area contributed by atoms with E-state index < -0.39 is 0 Å². The molecule has 0 N–H and O–H groups in total. The number of hydrogen-bond donors (Lipinski definition) is 0. The van der Waals surface area contributed by atoms with Gasteiger partial charge in [-0.15, -0.1) is 0 Å². The van der Waals surface area contributed by atoms with E-state index in [0.29, 0.717) is 0 Å². The summed E-state index contributed by atoms with van der Waals surface area (Å²) in [5, 5.41) is 0. The molecule has 2 nitrogen and oxygen atoms in total. The highest BCUT2D eigenvalue weighted by Gasteiger charge is 2.06. The minimum atomic E-state index is 0.0828. The first-order chi connectivity index (χ1) is 5.54. The second kappa shape index (κ2) is 3.44. The molecule has 0 radical (unpaired) electrons. The van der Waals surface area contributed by atoms with Gasteiger partial charge in [-0.3, -0.25) is 4.79 Å². The fraction of sp³-hybridized carbons (Fsp3) is 0.444. The summed E-state index contributed by atoms with van der Waals surface area (Å²) in [5.74, 6) is 0.289. The average Bonchev–Trinajstić information content (AvgIpc) is 2.00. The van der Waals surface area contributed by atoms with Gasteiger partial charge in [0.2, 0.25) is 0 Å². The molecular formula is C9H12BrNO. The van der Waals surface area contributed by atoms with Crippen LogP contribution in [0.1, 0.15) is 25.3 Å². The van der Waals surface area contributed by atoms with E-state index in [1.165, 1.54) is 0 Å². The van der Waals surface area contributed by atoms with Crippen LogP contribution in [-0.2, 0) is 7.05 Å². The van der Waals surface area contributed by atoms with E-state index in [-0.39, 0.29) is 11.5 Å². The van der Waals surface area contributed by atoms with Crippen molar-refractivity contribution in [2.24, 2.45) is 7.05 Å². The lowest BCUT2D eigenvalue weighted by molar-refractivity contribution is 0.767. The van der Waals surface area contributed by atoms with E-state index in [1.54, 1.807) is 11.6 Å². The molecule has 12 heavy (non-hydrogen) atoms. The van der Waals surface area contributed by atoms with Crippen molar-refractivity contribution in [2.75, 3.05) is 0 Å². The van der Waals surface area contributed by atoms with Crippen molar-refractivity contribution in [1.29, 1.82) is 0 Å². The van der Waals surface area contributed by atoms with Crippen LogP contribution in [0, 0.1) is 0 Å². The number of halogens is 1. The number of nitrogens with zero attached hydrogens (tertiary/aromatic N) is 1. The zero-order chi connectivity index (χ0) is 9.30. The van der Waals surface area contributed by atoms with E-state index in [4.69, 9.17) is 0 Å². The van der Waals surface area contributed by atoms with Gasteiger partial charge in [0.1, 0.15) is 0 Å². The second-order valence-electron chi connectivity index (χ2n) is 3.13. The highest BCUT2D eigenvalue weighted by atomic mass is 79.9. The van der Waals surface area contributed by atoms with Crippen molar-refractivity contribution >= 4 is 15.9 Å². The van der Waals surface area contributed by atoms with Gasteiger partial charge in [0.15, 0.2) is 0 Å². The van der Waals surface area contributed by atoms with Crippen molar-refractivity contribution in [3.8, 4) is 0 Å². The van der Waals surface area contributed by atoms with E-state index in [0.717, 1.165) is 10.2 Å². The van der Waals surface area contributed by atoms with E-state index in [1.807, 2.05) is 26.0 Å². The SMILES string of the molecule is CC(C)c1ccc(Br)n(C)c1=O. The highest BCUT2D eigenvalue weighted by Crippen LogP contribution is 2.12. The smallest absolute Gasteiger partial charge is 0.254 e. The molecule has 0 aromatic carbocycles. The molecule has 0 aliphatic carbocycles. The Morgan fingerprint density at radius 2 is 2.00 bits per heavy atom. The van der Waals surface area contributed by atoms with Gasteiger partial charge in [-0.25, -0.2) is 0 Å². The van der Waals surface area contributed by atoms with Crippen LogP contribution in [0.25, 0.3) is 0 Å². The predicted molar refractivity (Wildman–Crippen MR) is 53.5 cm³/mol. The van der Waals surface area contributed by atoms with Crippen LogP contribution < -0.4 is 5.56 Å². The minimum Gasteiger partial charge on any atom is -0.306 e. The summed E-state index contributed by atoms with van der Waals surface area (Å²) < 4.78 is 2.42. The Labute approximate surface area is 80.3 Å². The maximum Gasteiger partial charge on any atom is 0.254 e. The zero-order valence-electron chi connectivity index (χ0n) is 7.47. The maximum absolute atomic E-state index is 11.6. The summed E-state index contributed by atoms with van der Waals surface area (Å²) in [5.41, 5.74) is 0.945. The normalized spacial score (nSPS) is 10.8. The lowest BCUT2D eigenvalue weighted by Gasteiger charge is -2.07. The lowest BCUT2D eigenvalue weighted by Crippen LogP contribution is -2.21. The molecule has 0 saturated heterocycles. The molecule has 1 heterocycles. The predicted octanol–water partition coefficient (Wildman–Crippen LogP) is 2.27. The van der Waals surface area contributed by atoms with Gasteiger partial charge < -0.3 is 4.57 Å². The molecule has 0 unspecified atom stereocenters. The van der Waals surface area contributed by atoms with Gasteiger partial charge in [0.05, 0.1) is 4.60 Å². The molecule has 1 aromatic heterocycles. The fourth-order valence-electron chi connectivity index (χ4n) is 1.07. The first-order valence-electron chi connectivity index (χ1n) is 3.89. The molecule has 3 heteroatoms. The minimum absolute atomic E-state index is 0.0828. The Morgan fingerprint density at radius 3 is 2.50 bits per heavy atom. The second-order valence-corrected chi connectivity index (χ2v) is 3.94. The fourth-order valence-corrected chi connectivity index (χ4v) is 1.36. The van der Waals surface area contributed by atoms with Crippen molar-refractivity contribution in [1.82, 2.24) is 4.57 Å². The molecule has 0 spiro atoms. The van der Waals surface area contributed by atoms with Crippen LogP contribution >= 0.6 is 15.9 Å². The Bertz CT molecular complexity index is 341. The third kappa shape index (κ3) is 1.61. The molecule has 66 valence electrons. The third-order valence-electron chi connectivity index (χ3n) is 1.89. The third-order valence-corrected chi connectivity index (χ3v) is 2.69. The van der Waals surface area contributed by atoms with Crippen LogP contribution in [0.5, 0.6) is 0 Å². The van der Waals surface area contributed by atoms with Gasteiger partial charge in [-0.1, -0.05) is 19.9 Å². The monoisotopic (exact) mass is 229 g/mol. The number of pyridine rings is 1. The number of aromatic nitrogens is 1. The quantitative estimate of drug-likeness (QED) is 0.678. The van der Waals surface area contributed by atoms with Gasteiger partial charge in [0.25, 0.3) is 5.56 Å². The summed E-state index contributed by atoms with van der Waals surface area (Å²) in [6.45, 7) is 4.04. The molecule has 0 bridgehead atoms. The van der Waals surface area contributed by atoms with Gasteiger partial charge in [-0.05, 0) is 27.9 Å². The number of hydrogen-bond acceptors (Lipinski definition) is 1. The Morgan fingerprint density at radius 1 is 1.42 bits per heavy atom. The largest absolute Gasteiger partial charge is 0.306 e. The summed E-state index contributed by atoms with van der Waals surface area (Å²) in [6.07, 6.45) is 0.